The molecule has 1 aliphatic rings. The Labute approximate surface area is 114 Å². The minimum Gasteiger partial charge on any atom is -0.496 e. The number of methoxy groups -OCH3 is 2. The molecule has 18 heavy (non-hydrogen) atoms. The van der Waals surface area contributed by atoms with Crippen LogP contribution < -0.4 is 9.47 Å². The lowest BCUT2D eigenvalue weighted by Crippen LogP contribution is -2.47. The van der Waals surface area contributed by atoms with Gasteiger partial charge in [0.1, 0.15) is 11.5 Å². The molecule has 1 heterocycles. The van der Waals surface area contributed by atoms with Crippen LogP contribution >= 0.6 is 12.6 Å². The molecule has 1 aliphatic heterocycles. The fraction of sp³-hybridized carbons (Fsp3) is 0.571. The summed E-state index contributed by atoms with van der Waals surface area (Å²) in [6, 6.07) is 4.10. The van der Waals surface area contributed by atoms with E-state index in [2.05, 4.69) is 18.7 Å². The van der Waals surface area contributed by atoms with Gasteiger partial charge in [-0.25, -0.2) is 0 Å². The van der Waals surface area contributed by atoms with Crippen molar-refractivity contribution in [2.24, 2.45) is 0 Å². The van der Waals surface area contributed by atoms with Gasteiger partial charge in [-0.05, 0) is 25.2 Å². The van der Waals surface area contributed by atoms with Gasteiger partial charge in [-0.1, -0.05) is 6.07 Å². The van der Waals surface area contributed by atoms with E-state index in [1.54, 1.807) is 14.2 Å². The van der Waals surface area contributed by atoms with Gasteiger partial charge < -0.3 is 14.2 Å². The highest BCUT2D eigenvalue weighted by molar-refractivity contribution is 7.80. The van der Waals surface area contributed by atoms with Gasteiger partial charge in [-0.2, -0.15) is 12.6 Å². The Morgan fingerprint density at radius 3 is 2.44 bits per heavy atom. The van der Waals surface area contributed by atoms with Gasteiger partial charge in [-0.3, -0.25) is 0 Å². The molecule has 0 aromatic heterocycles. The van der Waals surface area contributed by atoms with Gasteiger partial charge in [-0.15, -0.1) is 0 Å². The first-order valence-corrected chi connectivity index (χ1v) is 6.72. The number of hydrogen-bond donors (Lipinski definition) is 1. The lowest BCUT2D eigenvalue weighted by Gasteiger charge is -2.42. The summed E-state index contributed by atoms with van der Waals surface area (Å²) in [5, 5.41) is 0. The van der Waals surface area contributed by atoms with Crippen LogP contribution in [0.25, 0.3) is 0 Å². The van der Waals surface area contributed by atoms with Crippen LogP contribution in [0.1, 0.15) is 17.5 Å². The van der Waals surface area contributed by atoms with Crippen LogP contribution in [-0.4, -0.2) is 33.2 Å². The predicted molar refractivity (Wildman–Crippen MR) is 75.3 cm³/mol. The highest BCUT2D eigenvalue weighted by Crippen LogP contribution is 2.44. The first-order chi connectivity index (χ1) is 8.68. The molecule has 0 N–H and O–H groups in total. The molecule has 100 valence electrons. The van der Waals surface area contributed by atoms with E-state index in [4.69, 9.17) is 14.2 Å². The minimum absolute atomic E-state index is 0.0596. The second-order valence-electron chi connectivity index (χ2n) is 4.72. The number of ether oxygens (including phenoxy) is 3. The first-order valence-electron chi connectivity index (χ1n) is 6.09. The van der Waals surface area contributed by atoms with Crippen molar-refractivity contribution in [3.8, 4) is 11.5 Å². The second kappa shape index (κ2) is 5.41. The number of hydrogen-bond acceptors (Lipinski definition) is 4. The molecule has 1 fully saturated rings. The Bertz CT molecular complexity index is 427. The van der Waals surface area contributed by atoms with Gasteiger partial charge in [0.25, 0.3) is 0 Å². The standard InChI is InChI=1S/C14H20O3S/c1-10-12(15-2)5-4-11(13(10)16-3)14(6-7-18)8-17-9-14/h4-5,18H,6-9H2,1-3H3. The normalized spacial score (nSPS) is 17.1. The minimum atomic E-state index is 0.0596. The Balaban J connectivity index is 2.47. The van der Waals surface area contributed by atoms with Gasteiger partial charge in [0.15, 0.2) is 0 Å². The summed E-state index contributed by atoms with van der Waals surface area (Å²) in [6.07, 6.45) is 0.998. The molecule has 3 nitrogen and oxygen atoms in total. The second-order valence-corrected chi connectivity index (χ2v) is 5.17. The Morgan fingerprint density at radius 1 is 1.28 bits per heavy atom. The van der Waals surface area contributed by atoms with Gasteiger partial charge in [0, 0.05) is 16.5 Å². The Hall–Kier alpha value is -0.870. The third kappa shape index (κ3) is 2.08. The van der Waals surface area contributed by atoms with Crippen molar-refractivity contribution in [1.82, 2.24) is 0 Å². The zero-order chi connectivity index (χ0) is 13.2. The molecule has 0 aliphatic carbocycles. The van der Waals surface area contributed by atoms with E-state index >= 15 is 0 Å². The summed E-state index contributed by atoms with van der Waals surface area (Å²) in [5.41, 5.74) is 2.32. The van der Waals surface area contributed by atoms with E-state index in [1.165, 1.54) is 5.56 Å². The molecule has 0 spiro atoms. The molecule has 0 unspecified atom stereocenters. The van der Waals surface area contributed by atoms with Crippen molar-refractivity contribution < 1.29 is 14.2 Å². The molecule has 2 rings (SSSR count). The van der Waals surface area contributed by atoms with Crippen molar-refractivity contribution in [3.05, 3.63) is 23.3 Å². The molecule has 1 saturated heterocycles. The fourth-order valence-electron chi connectivity index (χ4n) is 2.57. The summed E-state index contributed by atoms with van der Waals surface area (Å²) in [5.74, 6) is 2.62. The van der Waals surface area contributed by atoms with Crippen LogP contribution in [0, 0.1) is 6.92 Å². The third-order valence-corrected chi connectivity index (χ3v) is 3.92. The fourth-order valence-corrected chi connectivity index (χ4v) is 3.00. The quantitative estimate of drug-likeness (QED) is 0.832. The maximum absolute atomic E-state index is 5.59. The van der Waals surface area contributed by atoms with Crippen LogP contribution in [0.2, 0.25) is 0 Å². The average molecular weight is 268 g/mol. The smallest absolute Gasteiger partial charge is 0.129 e. The van der Waals surface area contributed by atoms with Gasteiger partial charge >= 0.3 is 0 Å². The van der Waals surface area contributed by atoms with Crippen molar-refractivity contribution in [1.29, 1.82) is 0 Å². The maximum Gasteiger partial charge on any atom is 0.129 e. The third-order valence-electron chi connectivity index (χ3n) is 3.70. The molecule has 0 radical (unpaired) electrons. The van der Waals surface area contributed by atoms with Crippen molar-refractivity contribution in [2.75, 3.05) is 33.2 Å². The summed E-state index contributed by atoms with van der Waals surface area (Å²) in [7, 11) is 3.39. The number of rotatable bonds is 5. The maximum atomic E-state index is 5.59. The average Bonchev–Trinajstić information content (AvgIpc) is 2.33. The van der Waals surface area contributed by atoms with Gasteiger partial charge in [0.05, 0.1) is 27.4 Å². The molecule has 0 atom stereocenters. The molecular weight excluding hydrogens is 248 g/mol. The summed E-state index contributed by atoms with van der Waals surface area (Å²) in [6.45, 7) is 3.51. The number of benzene rings is 1. The van der Waals surface area contributed by atoms with Crippen molar-refractivity contribution >= 4 is 12.6 Å². The van der Waals surface area contributed by atoms with E-state index in [9.17, 15) is 0 Å². The lowest BCUT2D eigenvalue weighted by atomic mass is 9.75. The van der Waals surface area contributed by atoms with Crippen molar-refractivity contribution in [3.63, 3.8) is 0 Å². The van der Waals surface area contributed by atoms with E-state index in [0.717, 1.165) is 42.4 Å². The highest BCUT2D eigenvalue weighted by Gasteiger charge is 2.42. The van der Waals surface area contributed by atoms with Crippen LogP contribution in [0.4, 0.5) is 0 Å². The van der Waals surface area contributed by atoms with Crippen LogP contribution in [0.5, 0.6) is 11.5 Å². The largest absolute Gasteiger partial charge is 0.496 e. The van der Waals surface area contributed by atoms with Crippen molar-refractivity contribution in [2.45, 2.75) is 18.8 Å². The number of thiol groups is 1. The zero-order valence-corrected chi connectivity index (χ0v) is 12.0. The molecule has 1 aromatic carbocycles. The van der Waals surface area contributed by atoms with Gasteiger partial charge in [0.2, 0.25) is 0 Å². The van der Waals surface area contributed by atoms with Crippen LogP contribution in [-0.2, 0) is 10.2 Å². The lowest BCUT2D eigenvalue weighted by molar-refractivity contribution is -0.0623. The monoisotopic (exact) mass is 268 g/mol. The Morgan fingerprint density at radius 2 is 2.00 bits per heavy atom. The predicted octanol–water partition coefficient (Wildman–Crippen LogP) is 2.60. The van der Waals surface area contributed by atoms with E-state index in [1.807, 2.05) is 13.0 Å². The molecule has 0 amide bonds. The topological polar surface area (TPSA) is 27.7 Å². The van der Waals surface area contributed by atoms with Crippen LogP contribution in [0.15, 0.2) is 12.1 Å². The zero-order valence-electron chi connectivity index (χ0n) is 11.2. The molecule has 1 aromatic rings. The molecule has 0 bridgehead atoms. The highest BCUT2D eigenvalue weighted by atomic mass is 32.1. The van der Waals surface area contributed by atoms with E-state index < -0.39 is 0 Å². The first kappa shape index (κ1) is 13.6. The summed E-state index contributed by atoms with van der Waals surface area (Å²) < 4.78 is 16.3. The van der Waals surface area contributed by atoms with Crippen LogP contribution in [0.3, 0.4) is 0 Å². The molecular formula is C14H20O3S. The summed E-state index contributed by atoms with van der Waals surface area (Å²) in [4.78, 5) is 0. The molecule has 4 heteroatoms. The summed E-state index contributed by atoms with van der Waals surface area (Å²) >= 11 is 4.36. The SMILES string of the molecule is COc1ccc(C2(CCS)COC2)c(OC)c1C. The van der Waals surface area contributed by atoms with E-state index in [-0.39, 0.29) is 5.41 Å². The van der Waals surface area contributed by atoms with E-state index in [0.29, 0.717) is 0 Å². The molecule has 0 saturated carbocycles. The Kier molecular flexibility index (Phi) is 4.07.